The highest BCUT2D eigenvalue weighted by Gasteiger charge is 2.31. The third-order valence-corrected chi connectivity index (χ3v) is 3.77. The van der Waals surface area contributed by atoms with Crippen molar-refractivity contribution in [3.05, 3.63) is 0 Å². The Morgan fingerprint density at radius 1 is 0.778 bits per heavy atom. The Hall–Kier alpha value is -0.200. The van der Waals surface area contributed by atoms with E-state index >= 15 is 0 Å². The summed E-state index contributed by atoms with van der Waals surface area (Å²) in [4.78, 5) is 0. The van der Waals surface area contributed by atoms with E-state index in [0.717, 1.165) is 6.42 Å². The molecule has 0 aliphatic carbocycles. The number of hydrogen-bond acceptors (Lipinski definition) is 5. The van der Waals surface area contributed by atoms with Gasteiger partial charge in [-0.15, -0.1) is 0 Å². The van der Waals surface area contributed by atoms with Gasteiger partial charge in [0.1, 0.15) is 0 Å². The van der Waals surface area contributed by atoms with Crippen molar-refractivity contribution < 1.29 is 24.8 Å². The summed E-state index contributed by atoms with van der Waals surface area (Å²) in [5, 5.41) is 28.1. The lowest BCUT2D eigenvalue weighted by Gasteiger charge is -2.33. The Morgan fingerprint density at radius 2 is 1.22 bits per heavy atom. The van der Waals surface area contributed by atoms with Crippen LogP contribution in [0.4, 0.5) is 0 Å². The Morgan fingerprint density at radius 3 is 1.56 bits per heavy atom. The summed E-state index contributed by atoms with van der Waals surface area (Å²) in [5.41, 5.74) is -0.999. The molecule has 0 bridgehead atoms. The van der Waals surface area contributed by atoms with Crippen molar-refractivity contribution in [2.24, 2.45) is 10.8 Å². The maximum atomic E-state index is 9.45. The third kappa shape index (κ3) is 4.82. The molecule has 5 heteroatoms. The lowest BCUT2D eigenvalue weighted by atomic mass is 9.86. The summed E-state index contributed by atoms with van der Waals surface area (Å²) < 4.78 is 10.7. The van der Waals surface area contributed by atoms with Crippen LogP contribution in [-0.2, 0) is 9.47 Å². The molecule has 0 saturated heterocycles. The summed E-state index contributed by atoms with van der Waals surface area (Å²) in [6, 6.07) is 0. The van der Waals surface area contributed by atoms with Crippen LogP contribution in [0.2, 0.25) is 0 Å². The molecule has 0 fully saturated rings. The third-order valence-electron chi connectivity index (χ3n) is 3.77. The van der Waals surface area contributed by atoms with Gasteiger partial charge in [-0.2, -0.15) is 0 Å². The number of aliphatic hydroxyl groups excluding tert-OH is 3. The normalized spacial score (nSPS) is 15.7. The lowest BCUT2D eigenvalue weighted by molar-refractivity contribution is -0.0830. The molecule has 0 aliphatic heterocycles. The first-order valence-corrected chi connectivity index (χ1v) is 6.47. The molecule has 0 aliphatic rings. The lowest BCUT2D eigenvalue weighted by Crippen LogP contribution is -2.39. The van der Waals surface area contributed by atoms with E-state index in [1.807, 2.05) is 13.8 Å². The summed E-state index contributed by atoms with van der Waals surface area (Å²) >= 11 is 0. The average Bonchev–Trinajstić information content (AvgIpc) is 2.43. The fraction of sp³-hybridized carbons (Fsp3) is 1.00. The van der Waals surface area contributed by atoms with E-state index in [0.29, 0.717) is 19.6 Å². The molecular weight excluding hydrogens is 236 g/mol. The molecule has 0 aromatic rings. The van der Waals surface area contributed by atoms with Gasteiger partial charge >= 0.3 is 0 Å². The summed E-state index contributed by atoms with van der Waals surface area (Å²) in [6.45, 7) is 4.72. The summed E-state index contributed by atoms with van der Waals surface area (Å²) in [5.74, 6) is 0. The highest BCUT2D eigenvalue weighted by atomic mass is 16.5. The average molecular weight is 264 g/mol. The maximum Gasteiger partial charge on any atom is 0.0566 e. The molecule has 0 amide bonds. The summed E-state index contributed by atoms with van der Waals surface area (Å²) in [7, 11) is 1.60. The molecule has 0 saturated carbocycles. The van der Waals surface area contributed by atoms with Gasteiger partial charge in [0.05, 0.1) is 39.6 Å². The van der Waals surface area contributed by atoms with Crippen LogP contribution < -0.4 is 0 Å². The Balaban J connectivity index is 4.36. The monoisotopic (exact) mass is 264 g/mol. The Labute approximate surface area is 110 Å². The second-order valence-corrected chi connectivity index (χ2v) is 5.11. The molecule has 0 rings (SSSR count). The van der Waals surface area contributed by atoms with Crippen molar-refractivity contribution >= 4 is 0 Å². The first kappa shape index (κ1) is 17.8. The van der Waals surface area contributed by atoms with Crippen molar-refractivity contribution in [3.63, 3.8) is 0 Å². The zero-order valence-corrected chi connectivity index (χ0v) is 11.8. The van der Waals surface area contributed by atoms with Gasteiger partial charge in [-0.05, 0) is 12.8 Å². The van der Waals surface area contributed by atoms with Crippen molar-refractivity contribution in [2.75, 3.05) is 46.8 Å². The highest BCUT2D eigenvalue weighted by Crippen LogP contribution is 2.25. The number of rotatable bonds is 11. The number of methoxy groups -OCH3 is 1. The van der Waals surface area contributed by atoms with Crippen LogP contribution in [0.5, 0.6) is 0 Å². The largest absolute Gasteiger partial charge is 0.396 e. The van der Waals surface area contributed by atoms with Gasteiger partial charge in [0.2, 0.25) is 0 Å². The second-order valence-electron chi connectivity index (χ2n) is 5.11. The predicted molar refractivity (Wildman–Crippen MR) is 69.4 cm³/mol. The van der Waals surface area contributed by atoms with Gasteiger partial charge in [0.15, 0.2) is 0 Å². The fourth-order valence-corrected chi connectivity index (χ4v) is 1.71. The fourth-order valence-electron chi connectivity index (χ4n) is 1.71. The number of hydrogen-bond donors (Lipinski definition) is 3. The van der Waals surface area contributed by atoms with Crippen molar-refractivity contribution in [1.29, 1.82) is 0 Å². The van der Waals surface area contributed by atoms with Crippen molar-refractivity contribution in [2.45, 2.75) is 26.7 Å². The minimum absolute atomic E-state index is 0.00524. The number of aliphatic hydroxyl groups is 3. The van der Waals surface area contributed by atoms with Crippen molar-refractivity contribution in [3.8, 4) is 0 Å². The Bertz CT molecular complexity index is 191. The molecule has 0 radical (unpaired) electrons. The van der Waals surface area contributed by atoms with Gasteiger partial charge in [0, 0.05) is 17.9 Å². The van der Waals surface area contributed by atoms with Crippen LogP contribution in [0.1, 0.15) is 26.7 Å². The molecule has 1 unspecified atom stereocenters. The van der Waals surface area contributed by atoms with Gasteiger partial charge in [0.25, 0.3) is 0 Å². The Kier molecular flexibility index (Phi) is 8.73. The van der Waals surface area contributed by atoms with E-state index in [4.69, 9.17) is 9.47 Å². The van der Waals surface area contributed by atoms with Crippen molar-refractivity contribution in [1.82, 2.24) is 0 Å². The second kappa shape index (κ2) is 8.82. The van der Waals surface area contributed by atoms with E-state index in [1.54, 1.807) is 7.11 Å². The number of ether oxygens (including phenoxy) is 2. The zero-order chi connectivity index (χ0) is 14.1. The van der Waals surface area contributed by atoms with Gasteiger partial charge in [-0.25, -0.2) is 0 Å². The first-order valence-electron chi connectivity index (χ1n) is 6.47. The van der Waals surface area contributed by atoms with Crippen LogP contribution in [0, 0.1) is 10.8 Å². The molecule has 18 heavy (non-hydrogen) atoms. The molecule has 0 spiro atoms. The van der Waals surface area contributed by atoms with E-state index in [2.05, 4.69) is 0 Å². The topological polar surface area (TPSA) is 79.2 Å². The molecular formula is C13H28O5. The molecule has 0 aromatic heterocycles. The van der Waals surface area contributed by atoms with Gasteiger partial charge < -0.3 is 24.8 Å². The minimum atomic E-state index is -0.595. The molecule has 0 heterocycles. The van der Waals surface area contributed by atoms with Crippen LogP contribution in [0.25, 0.3) is 0 Å². The summed E-state index contributed by atoms with van der Waals surface area (Å²) in [6.07, 6.45) is 1.39. The minimum Gasteiger partial charge on any atom is -0.396 e. The zero-order valence-electron chi connectivity index (χ0n) is 11.8. The van der Waals surface area contributed by atoms with E-state index in [1.165, 1.54) is 0 Å². The SMILES string of the molecule is CCC(CO)(CO)COCC(CC)(CO)COC. The van der Waals surface area contributed by atoms with Crippen LogP contribution in [0.3, 0.4) is 0 Å². The smallest absolute Gasteiger partial charge is 0.0566 e. The quantitative estimate of drug-likeness (QED) is 0.504. The molecule has 5 nitrogen and oxygen atoms in total. The van der Waals surface area contributed by atoms with Gasteiger partial charge in [-0.3, -0.25) is 0 Å². The van der Waals surface area contributed by atoms with E-state index in [9.17, 15) is 15.3 Å². The molecule has 110 valence electrons. The van der Waals surface area contributed by atoms with E-state index in [-0.39, 0.29) is 26.4 Å². The first-order chi connectivity index (χ1) is 8.57. The van der Waals surface area contributed by atoms with Gasteiger partial charge in [-0.1, -0.05) is 13.8 Å². The van der Waals surface area contributed by atoms with Crippen LogP contribution in [0.15, 0.2) is 0 Å². The maximum absolute atomic E-state index is 9.45. The van der Waals surface area contributed by atoms with E-state index < -0.39 is 10.8 Å². The molecule has 3 N–H and O–H groups in total. The molecule has 0 aromatic carbocycles. The highest BCUT2D eigenvalue weighted by molar-refractivity contribution is 4.79. The predicted octanol–water partition coefficient (Wildman–Crippen LogP) is 0.419. The standard InChI is InChI=1S/C13H28O5/c1-4-12(6-14,7-15)10-18-11-13(5-2,8-16)9-17-3/h14-16H,4-11H2,1-3H3. The van der Waals surface area contributed by atoms with Crippen LogP contribution >= 0.6 is 0 Å². The van der Waals surface area contributed by atoms with Crippen LogP contribution in [-0.4, -0.2) is 62.1 Å². The molecule has 1 atom stereocenters.